The van der Waals surface area contributed by atoms with E-state index in [1.54, 1.807) is 18.2 Å². The lowest BCUT2D eigenvalue weighted by molar-refractivity contribution is 0.101. The fourth-order valence-electron chi connectivity index (χ4n) is 2.06. The van der Waals surface area contributed by atoms with Crippen molar-refractivity contribution in [3.8, 4) is 22.1 Å². The molecule has 3 rings (SSSR count). The van der Waals surface area contributed by atoms with Crippen molar-refractivity contribution in [3.63, 3.8) is 0 Å². The second-order valence-corrected chi connectivity index (χ2v) is 6.05. The van der Waals surface area contributed by atoms with Gasteiger partial charge in [-0.05, 0) is 17.5 Å². The van der Waals surface area contributed by atoms with Crippen molar-refractivity contribution in [2.75, 3.05) is 19.5 Å². The van der Waals surface area contributed by atoms with Gasteiger partial charge in [0, 0.05) is 12.1 Å². The number of nitrogens with zero attached hydrogens (tertiary/aromatic N) is 1. The first kappa shape index (κ1) is 16.4. The highest BCUT2D eigenvalue weighted by molar-refractivity contribution is 7.13. The highest BCUT2D eigenvalue weighted by Gasteiger charge is 2.17. The van der Waals surface area contributed by atoms with Crippen molar-refractivity contribution >= 4 is 34.5 Å². The molecule has 6 nitrogen and oxygen atoms in total. The summed E-state index contributed by atoms with van der Waals surface area (Å²) in [5.74, 6) is 0.982. The van der Waals surface area contributed by atoms with E-state index in [0.29, 0.717) is 28.0 Å². The minimum absolute atomic E-state index is 0.160. The molecule has 0 spiro atoms. The third-order valence-electron chi connectivity index (χ3n) is 3.23. The molecule has 0 aliphatic carbocycles. The zero-order chi connectivity index (χ0) is 17.1. The van der Waals surface area contributed by atoms with Crippen LogP contribution in [0.2, 0.25) is 5.02 Å². The summed E-state index contributed by atoms with van der Waals surface area (Å²) in [5.41, 5.74) is 0.571. The Hall–Kier alpha value is -2.51. The zero-order valence-electron chi connectivity index (χ0n) is 12.8. The maximum atomic E-state index is 12.4. The first-order valence-electron chi connectivity index (χ1n) is 6.86. The van der Waals surface area contributed by atoms with Gasteiger partial charge in [-0.2, -0.15) is 0 Å². The molecule has 1 aromatic carbocycles. The molecule has 2 aromatic heterocycles. The quantitative estimate of drug-likeness (QED) is 0.729. The van der Waals surface area contributed by atoms with E-state index < -0.39 is 5.91 Å². The lowest BCUT2D eigenvalue weighted by Crippen LogP contribution is -2.13. The highest BCUT2D eigenvalue weighted by atomic mass is 35.5. The Balaban J connectivity index is 1.83. The number of anilines is 1. The van der Waals surface area contributed by atoms with Crippen LogP contribution in [0.5, 0.6) is 11.5 Å². The van der Waals surface area contributed by atoms with E-state index in [9.17, 15) is 4.79 Å². The molecule has 24 heavy (non-hydrogen) atoms. The van der Waals surface area contributed by atoms with Crippen LogP contribution in [0, 0.1) is 0 Å². The summed E-state index contributed by atoms with van der Waals surface area (Å²) in [5, 5.41) is 8.78. The molecular formula is C16H13ClN2O4S. The van der Waals surface area contributed by atoms with Gasteiger partial charge in [0.2, 0.25) is 0 Å². The maximum Gasteiger partial charge on any atom is 0.277 e. The molecular weight excluding hydrogens is 352 g/mol. The molecule has 0 saturated carbocycles. The highest BCUT2D eigenvalue weighted by Crippen LogP contribution is 2.36. The number of carbonyl (C=O) groups is 1. The first-order chi connectivity index (χ1) is 11.6. The summed E-state index contributed by atoms with van der Waals surface area (Å²) in [7, 11) is 2.99. The van der Waals surface area contributed by atoms with Crippen LogP contribution in [0.4, 0.5) is 5.69 Å². The van der Waals surface area contributed by atoms with Crippen molar-refractivity contribution < 1.29 is 18.8 Å². The Morgan fingerprint density at radius 2 is 2.04 bits per heavy atom. The SMILES string of the molecule is COc1cc(OC)c(NC(=O)c2cc(-c3cccs3)on2)cc1Cl. The van der Waals surface area contributed by atoms with Gasteiger partial charge in [0.05, 0.1) is 29.8 Å². The van der Waals surface area contributed by atoms with Crippen LogP contribution < -0.4 is 14.8 Å². The average molecular weight is 365 g/mol. The number of benzene rings is 1. The van der Waals surface area contributed by atoms with Gasteiger partial charge >= 0.3 is 0 Å². The smallest absolute Gasteiger partial charge is 0.277 e. The Morgan fingerprint density at radius 1 is 1.25 bits per heavy atom. The number of ether oxygens (including phenoxy) is 2. The van der Waals surface area contributed by atoms with E-state index in [2.05, 4.69) is 10.5 Å². The molecule has 0 unspecified atom stereocenters. The number of aromatic nitrogens is 1. The van der Waals surface area contributed by atoms with Crippen LogP contribution in [0.25, 0.3) is 10.6 Å². The fraction of sp³-hybridized carbons (Fsp3) is 0.125. The Morgan fingerprint density at radius 3 is 2.71 bits per heavy atom. The lowest BCUT2D eigenvalue weighted by Gasteiger charge is -2.12. The molecule has 0 radical (unpaired) electrons. The van der Waals surface area contributed by atoms with Crippen LogP contribution in [0.1, 0.15) is 10.5 Å². The minimum atomic E-state index is -0.430. The van der Waals surface area contributed by atoms with E-state index >= 15 is 0 Å². The Bertz CT molecular complexity index is 861. The molecule has 8 heteroatoms. The van der Waals surface area contributed by atoms with E-state index in [0.717, 1.165) is 4.88 Å². The number of carbonyl (C=O) groups excluding carboxylic acids is 1. The molecule has 1 amide bonds. The molecule has 2 heterocycles. The monoisotopic (exact) mass is 364 g/mol. The third-order valence-corrected chi connectivity index (χ3v) is 4.41. The largest absolute Gasteiger partial charge is 0.495 e. The standard InChI is InChI=1S/C16H13ClN2O4S/c1-21-12-8-13(22-2)10(6-9(12)17)18-16(20)11-7-14(23-19-11)15-4-3-5-24-15/h3-8H,1-2H3,(H,18,20). The minimum Gasteiger partial charge on any atom is -0.495 e. The second kappa shape index (κ2) is 6.94. The van der Waals surface area contributed by atoms with Crippen LogP contribution >= 0.6 is 22.9 Å². The lowest BCUT2D eigenvalue weighted by atomic mass is 10.2. The summed E-state index contributed by atoms with van der Waals surface area (Å²) >= 11 is 7.60. The topological polar surface area (TPSA) is 73.6 Å². The maximum absolute atomic E-state index is 12.4. The van der Waals surface area contributed by atoms with Gasteiger partial charge in [-0.1, -0.05) is 22.8 Å². The Kier molecular flexibility index (Phi) is 4.73. The summed E-state index contributed by atoms with van der Waals surface area (Å²) in [6.45, 7) is 0. The van der Waals surface area contributed by atoms with Crippen LogP contribution in [-0.2, 0) is 0 Å². The zero-order valence-corrected chi connectivity index (χ0v) is 14.4. The Labute approximate surface area is 146 Å². The van der Waals surface area contributed by atoms with Crippen LogP contribution in [0.15, 0.2) is 40.2 Å². The third kappa shape index (κ3) is 3.22. The van der Waals surface area contributed by atoms with Gasteiger partial charge in [0.1, 0.15) is 11.5 Å². The number of rotatable bonds is 5. The molecule has 0 bridgehead atoms. The number of amides is 1. The summed E-state index contributed by atoms with van der Waals surface area (Å²) in [6, 6.07) is 8.51. The summed E-state index contributed by atoms with van der Waals surface area (Å²) in [4.78, 5) is 13.3. The number of hydrogen-bond donors (Lipinski definition) is 1. The fourth-order valence-corrected chi connectivity index (χ4v) is 2.98. The average Bonchev–Trinajstić information content (AvgIpc) is 3.26. The van der Waals surface area contributed by atoms with Gasteiger partial charge in [-0.25, -0.2) is 0 Å². The van der Waals surface area contributed by atoms with Gasteiger partial charge in [0.25, 0.3) is 5.91 Å². The molecule has 0 aliphatic rings. The summed E-state index contributed by atoms with van der Waals surface area (Å²) in [6.07, 6.45) is 0. The van der Waals surface area contributed by atoms with Gasteiger partial charge < -0.3 is 19.3 Å². The van der Waals surface area contributed by atoms with Gasteiger partial charge in [-0.3, -0.25) is 4.79 Å². The molecule has 0 aliphatic heterocycles. The van der Waals surface area contributed by atoms with Crippen molar-refractivity contribution in [2.45, 2.75) is 0 Å². The van der Waals surface area contributed by atoms with E-state index in [1.165, 1.54) is 25.6 Å². The van der Waals surface area contributed by atoms with Crippen LogP contribution in [0.3, 0.4) is 0 Å². The number of thiophene rings is 1. The van der Waals surface area contributed by atoms with Gasteiger partial charge in [-0.15, -0.1) is 11.3 Å². The van der Waals surface area contributed by atoms with E-state index in [4.69, 9.17) is 25.6 Å². The number of nitrogens with one attached hydrogen (secondary N) is 1. The number of halogens is 1. The number of hydrogen-bond acceptors (Lipinski definition) is 6. The number of methoxy groups -OCH3 is 2. The van der Waals surface area contributed by atoms with E-state index in [1.807, 2.05) is 17.5 Å². The molecule has 124 valence electrons. The molecule has 0 saturated heterocycles. The molecule has 3 aromatic rings. The normalized spacial score (nSPS) is 10.5. The van der Waals surface area contributed by atoms with Gasteiger partial charge in [0.15, 0.2) is 11.5 Å². The second-order valence-electron chi connectivity index (χ2n) is 4.69. The molecule has 0 fully saturated rings. The predicted molar refractivity (Wildman–Crippen MR) is 92.3 cm³/mol. The summed E-state index contributed by atoms with van der Waals surface area (Å²) < 4.78 is 15.6. The molecule has 1 N–H and O–H groups in total. The van der Waals surface area contributed by atoms with Crippen molar-refractivity contribution in [1.29, 1.82) is 0 Å². The van der Waals surface area contributed by atoms with Crippen molar-refractivity contribution in [1.82, 2.24) is 5.16 Å². The van der Waals surface area contributed by atoms with E-state index in [-0.39, 0.29) is 5.69 Å². The first-order valence-corrected chi connectivity index (χ1v) is 8.11. The molecule has 0 atom stereocenters. The predicted octanol–water partition coefficient (Wildman–Crippen LogP) is 4.33. The van der Waals surface area contributed by atoms with Crippen molar-refractivity contribution in [2.24, 2.45) is 0 Å². The van der Waals surface area contributed by atoms with Crippen molar-refractivity contribution in [3.05, 3.63) is 46.4 Å². The van der Waals surface area contributed by atoms with Crippen LogP contribution in [-0.4, -0.2) is 25.3 Å².